The summed E-state index contributed by atoms with van der Waals surface area (Å²) in [6.07, 6.45) is -6.81. The van der Waals surface area contributed by atoms with E-state index < -0.39 is 35.2 Å². The molecule has 1 atom stereocenters. The molecule has 0 bridgehead atoms. The summed E-state index contributed by atoms with van der Waals surface area (Å²) in [5.41, 5.74) is -1.31. The van der Waals surface area contributed by atoms with Crippen molar-refractivity contribution in [3.05, 3.63) is 53.5 Å². The molecule has 0 saturated carbocycles. The van der Waals surface area contributed by atoms with Crippen LogP contribution in [0.3, 0.4) is 0 Å². The zero-order valence-electron chi connectivity index (χ0n) is 14.3. The average molecular weight is 371 g/mol. The van der Waals surface area contributed by atoms with Crippen LogP contribution in [0.4, 0.5) is 17.6 Å². The fraction of sp³-hybridized carbons (Fsp3) is 0.333. The number of alkyl halides is 3. The van der Waals surface area contributed by atoms with E-state index in [2.05, 4.69) is 4.98 Å². The highest BCUT2D eigenvalue weighted by Crippen LogP contribution is 2.35. The minimum atomic E-state index is -4.92. The van der Waals surface area contributed by atoms with E-state index in [1.54, 1.807) is 20.8 Å². The predicted octanol–water partition coefficient (Wildman–Crippen LogP) is 4.44. The van der Waals surface area contributed by atoms with Crippen LogP contribution in [0.2, 0.25) is 0 Å². The summed E-state index contributed by atoms with van der Waals surface area (Å²) in [6.45, 7) is 4.84. The molecule has 1 heterocycles. The van der Waals surface area contributed by atoms with E-state index in [1.165, 1.54) is 12.1 Å². The van der Waals surface area contributed by atoms with Crippen molar-refractivity contribution in [2.24, 2.45) is 0 Å². The van der Waals surface area contributed by atoms with E-state index in [-0.39, 0.29) is 16.8 Å². The molecule has 1 aromatic carbocycles. The summed E-state index contributed by atoms with van der Waals surface area (Å²) in [5.74, 6) is -1.47. The summed E-state index contributed by atoms with van der Waals surface area (Å²) in [6, 6.07) is 5.59. The smallest absolute Gasteiger partial charge is 0.418 e. The third kappa shape index (κ3) is 5.01. The van der Waals surface area contributed by atoms with Gasteiger partial charge in [0.2, 0.25) is 0 Å². The molecule has 0 spiro atoms. The lowest BCUT2D eigenvalue weighted by atomic mass is 9.99. The number of nitrogens with zero attached hydrogens (tertiary/aromatic N) is 1. The number of rotatable bonds is 3. The van der Waals surface area contributed by atoms with Crippen LogP contribution in [0, 0.1) is 5.82 Å². The Hall–Kier alpha value is -2.48. The summed E-state index contributed by atoms with van der Waals surface area (Å²) in [4.78, 5) is 16.1. The van der Waals surface area contributed by atoms with Crippen LogP contribution in [0.1, 0.15) is 42.8 Å². The molecule has 1 aromatic heterocycles. The fourth-order valence-electron chi connectivity index (χ4n) is 2.15. The molecule has 1 N–H and O–H groups in total. The number of carbonyl (C=O) groups excluding carboxylic acids is 1. The third-order valence-corrected chi connectivity index (χ3v) is 3.24. The number of hydrogen-bond donors (Lipinski definition) is 1. The Morgan fingerprint density at radius 1 is 1.15 bits per heavy atom. The lowest BCUT2D eigenvalue weighted by Crippen LogP contribution is -2.24. The zero-order valence-corrected chi connectivity index (χ0v) is 14.3. The topological polar surface area (TPSA) is 59.4 Å². The van der Waals surface area contributed by atoms with Gasteiger partial charge >= 0.3 is 12.1 Å². The summed E-state index contributed by atoms with van der Waals surface area (Å²) < 4.78 is 56.9. The van der Waals surface area contributed by atoms with Gasteiger partial charge in [-0.05, 0) is 56.7 Å². The van der Waals surface area contributed by atoms with E-state index >= 15 is 0 Å². The minimum Gasteiger partial charge on any atom is -0.456 e. The normalized spacial score (nSPS) is 13.4. The molecule has 0 radical (unpaired) electrons. The van der Waals surface area contributed by atoms with Crippen molar-refractivity contribution in [3.63, 3.8) is 0 Å². The monoisotopic (exact) mass is 371 g/mol. The molecular weight excluding hydrogens is 354 g/mol. The molecule has 2 aromatic rings. The highest BCUT2D eigenvalue weighted by Gasteiger charge is 2.40. The van der Waals surface area contributed by atoms with Crippen molar-refractivity contribution < 1.29 is 32.2 Å². The van der Waals surface area contributed by atoms with Gasteiger partial charge in [0.15, 0.2) is 6.10 Å². The molecule has 2 rings (SSSR count). The number of carbonyl (C=O) groups is 1. The van der Waals surface area contributed by atoms with Gasteiger partial charge in [-0.25, -0.2) is 9.18 Å². The first-order valence-electron chi connectivity index (χ1n) is 7.62. The Labute approximate surface area is 147 Å². The van der Waals surface area contributed by atoms with E-state index in [4.69, 9.17) is 4.74 Å². The van der Waals surface area contributed by atoms with Crippen molar-refractivity contribution >= 4 is 5.97 Å². The molecular formula is C18H17F4NO3. The lowest BCUT2D eigenvalue weighted by Gasteiger charge is -2.21. The lowest BCUT2D eigenvalue weighted by molar-refractivity contribution is -0.206. The van der Waals surface area contributed by atoms with Crippen molar-refractivity contribution in [1.29, 1.82) is 0 Å². The molecule has 0 fully saturated rings. The van der Waals surface area contributed by atoms with Gasteiger partial charge in [0.1, 0.15) is 11.4 Å². The summed E-state index contributed by atoms with van der Waals surface area (Å²) in [5, 5.41) is 9.55. The van der Waals surface area contributed by atoms with Gasteiger partial charge in [-0.15, -0.1) is 0 Å². The average Bonchev–Trinajstić information content (AvgIpc) is 2.52. The number of aliphatic hydroxyl groups excluding tert-OH is 1. The van der Waals surface area contributed by atoms with Crippen LogP contribution in [0.25, 0.3) is 11.3 Å². The Balaban J connectivity index is 2.55. The number of pyridine rings is 1. The second-order valence-corrected chi connectivity index (χ2v) is 6.65. The quantitative estimate of drug-likeness (QED) is 0.640. The zero-order chi connectivity index (χ0) is 19.7. The van der Waals surface area contributed by atoms with Gasteiger partial charge in [0.05, 0.1) is 17.5 Å². The Bertz CT molecular complexity index is 796. The molecule has 0 amide bonds. The van der Waals surface area contributed by atoms with Crippen molar-refractivity contribution in [2.45, 2.75) is 38.7 Å². The maximum Gasteiger partial charge on any atom is 0.418 e. The molecule has 0 saturated heterocycles. The van der Waals surface area contributed by atoms with Gasteiger partial charge in [-0.1, -0.05) is 0 Å². The first-order valence-corrected chi connectivity index (χ1v) is 7.62. The molecule has 0 aliphatic heterocycles. The number of aliphatic hydroxyl groups is 1. The maximum atomic E-state index is 13.0. The molecule has 0 aliphatic rings. The Morgan fingerprint density at radius 3 is 2.31 bits per heavy atom. The largest absolute Gasteiger partial charge is 0.456 e. The first-order chi connectivity index (χ1) is 11.9. The number of hydrogen-bond acceptors (Lipinski definition) is 4. The molecule has 4 nitrogen and oxygen atoms in total. The second-order valence-electron chi connectivity index (χ2n) is 6.65. The number of ether oxygens (including phenoxy) is 1. The number of benzene rings is 1. The van der Waals surface area contributed by atoms with E-state index in [9.17, 15) is 27.5 Å². The van der Waals surface area contributed by atoms with E-state index in [0.717, 1.165) is 24.4 Å². The van der Waals surface area contributed by atoms with E-state index in [0.29, 0.717) is 0 Å². The van der Waals surface area contributed by atoms with Crippen LogP contribution in [0.15, 0.2) is 36.5 Å². The van der Waals surface area contributed by atoms with Gasteiger partial charge < -0.3 is 9.84 Å². The van der Waals surface area contributed by atoms with Crippen LogP contribution < -0.4 is 0 Å². The standard InChI is InChI=1S/C18H17F4NO3/c1-17(2,3)26-16(25)12-7-10(14-5-4-13(19)9-23-14)6-11(8-12)15(24)18(20,21)22/h4-9,15,24H,1-3H3. The van der Waals surface area contributed by atoms with Crippen LogP contribution >= 0.6 is 0 Å². The van der Waals surface area contributed by atoms with Crippen LogP contribution in [-0.2, 0) is 4.74 Å². The molecule has 0 aliphatic carbocycles. The SMILES string of the molecule is CC(C)(C)OC(=O)c1cc(-c2ccc(F)cn2)cc(C(O)C(F)(F)F)c1. The van der Waals surface area contributed by atoms with E-state index in [1.807, 2.05) is 0 Å². The fourth-order valence-corrected chi connectivity index (χ4v) is 2.15. The molecule has 26 heavy (non-hydrogen) atoms. The number of halogens is 4. The first kappa shape index (κ1) is 19.8. The van der Waals surface area contributed by atoms with Crippen molar-refractivity contribution in [2.75, 3.05) is 0 Å². The van der Waals surface area contributed by atoms with Crippen LogP contribution in [-0.4, -0.2) is 27.8 Å². The highest BCUT2D eigenvalue weighted by atomic mass is 19.4. The van der Waals surface area contributed by atoms with Gasteiger partial charge in [0, 0.05) is 5.56 Å². The maximum absolute atomic E-state index is 13.0. The highest BCUT2D eigenvalue weighted by molar-refractivity contribution is 5.91. The van der Waals surface area contributed by atoms with Gasteiger partial charge in [0.25, 0.3) is 0 Å². The Kier molecular flexibility index (Phi) is 5.36. The molecule has 1 unspecified atom stereocenters. The molecule has 8 heteroatoms. The summed E-state index contributed by atoms with van der Waals surface area (Å²) >= 11 is 0. The van der Waals surface area contributed by atoms with Crippen molar-refractivity contribution in [1.82, 2.24) is 4.98 Å². The van der Waals surface area contributed by atoms with Crippen LogP contribution in [0.5, 0.6) is 0 Å². The predicted molar refractivity (Wildman–Crippen MR) is 85.8 cm³/mol. The summed E-state index contributed by atoms with van der Waals surface area (Å²) in [7, 11) is 0. The molecule has 140 valence electrons. The van der Waals surface area contributed by atoms with Crippen molar-refractivity contribution in [3.8, 4) is 11.3 Å². The number of aromatic nitrogens is 1. The third-order valence-electron chi connectivity index (χ3n) is 3.24. The Morgan fingerprint density at radius 2 is 1.81 bits per heavy atom. The van der Waals surface area contributed by atoms with Gasteiger partial charge in [-0.3, -0.25) is 4.98 Å². The number of esters is 1. The second kappa shape index (κ2) is 7.03. The van der Waals surface area contributed by atoms with Gasteiger partial charge in [-0.2, -0.15) is 13.2 Å². The minimum absolute atomic E-state index is 0.117.